The Hall–Kier alpha value is -4.37. The quantitative estimate of drug-likeness (QED) is 0.178. The molecule has 0 bridgehead atoms. The number of piperidine rings is 1. The zero-order valence-electron chi connectivity index (χ0n) is 27.1. The molecule has 6 rings (SSSR count). The summed E-state index contributed by atoms with van der Waals surface area (Å²) in [6.07, 6.45) is -10.6. The fourth-order valence-electron chi connectivity index (χ4n) is 7.27. The van der Waals surface area contributed by atoms with Gasteiger partial charge in [0.05, 0.1) is 18.8 Å². The molecule has 272 valence electrons. The van der Waals surface area contributed by atoms with Crippen molar-refractivity contribution in [1.29, 1.82) is 0 Å². The van der Waals surface area contributed by atoms with Crippen molar-refractivity contribution in [1.82, 2.24) is 20.1 Å². The molecule has 2 aliphatic rings. The Bertz CT molecular complexity index is 1940. The van der Waals surface area contributed by atoms with Crippen LogP contribution in [0.2, 0.25) is 0 Å². The van der Waals surface area contributed by atoms with Crippen LogP contribution in [0.3, 0.4) is 0 Å². The Balaban J connectivity index is 1.28. The molecule has 2 N–H and O–H groups in total. The third-order valence-corrected chi connectivity index (χ3v) is 9.92. The summed E-state index contributed by atoms with van der Waals surface area (Å²) in [6, 6.07) is 15.9. The summed E-state index contributed by atoms with van der Waals surface area (Å²) in [5.41, 5.74) is -0.543. The molecular weight excluding hydrogens is 688 g/mol. The highest BCUT2D eigenvalue weighted by Gasteiger charge is 2.61. The minimum absolute atomic E-state index is 0.206. The fourth-order valence-corrected chi connectivity index (χ4v) is 7.27. The maximum Gasteiger partial charge on any atom is 0.403 e. The number of likely N-dealkylation sites (tertiary alicyclic amines) is 2. The molecule has 0 spiro atoms. The number of nitrogens with one attached hydrogen (secondary N) is 1. The number of pyridine rings is 1. The predicted octanol–water partition coefficient (Wildman–Crippen LogP) is 7.21. The molecule has 4 aromatic rings. The molecule has 1 amide bonds. The second-order valence-electron chi connectivity index (χ2n) is 13.3. The second-order valence-corrected chi connectivity index (χ2v) is 13.3. The number of benzene rings is 3. The molecule has 0 unspecified atom stereocenters. The van der Waals surface area contributed by atoms with Crippen LogP contribution >= 0.6 is 0 Å². The summed E-state index contributed by atoms with van der Waals surface area (Å²) >= 11 is 0. The molecule has 2 fully saturated rings. The van der Waals surface area contributed by atoms with Gasteiger partial charge in [0, 0.05) is 43.1 Å². The molecule has 0 saturated carbocycles. The molecule has 15 heteroatoms. The number of carboxylic acids is 1. The molecule has 1 aromatic heterocycles. The van der Waals surface area contributed by atoms with Crippen molar-refractivity contribution < 1.29 is 49.8 Å². The van der Waals surface area contributed by atoms with E-state index in [2.05, 4.69) is 10.3 Å². The number of hydrogen-bond acceptors (Lipinski definition) is 5. The van der Waals surface area contributed by atoms with Crippen molar-refractivity contribution in [3.63, 3.8) is 0 Å². The van der Waals surface area contributed by atoms with Crippen molar-refractivity contribution in [2.45, 2.75) is 56.5 Å². The highest BCUT2D eigenvalue weighted by Crippen LogP contribution is 2.47. The standard InChI is InChI=1S/C36H34F8N4O3/c37-34(38)13-17-48(20-34)19-23-5-2-8-27-25(23)10-14-45-30(27)28-9-3-6-24-22(4-1-7-26(24)28)18-29(31(49)50)46-32(51)33(36(42,43)44)11-15-47(16-12-33)21-35(39,40)41/h1-10,14,29H,11-13,15-21H2,(H,46,51)(H,49,50)/t29-/m0/s1. The van der Waals surface area contributed by atoms with Gasteiger partial charge in [-0.1, -0.05) is 54.6 Å². The number of aliphatic carboxylic acids is 1. The van der Waals surface area contributed by atoms with E-state index in [1.807, 2.05) is 30.3 Å². The van der Waals surface area contributed by atoms with Gasteiger partial charge in [0.25, 0.3) is 5.92 Å². The Kier molecular flexibility index (Phi) is 9.74. The Morgan fingerprint density at radius 2 is 1.41 bits per heavy atom. The molecule has 7 nitrogen and oxygen atoms in total. The normalized spacial score (nSPS) is 19.0. The summed E-state index contributed by atoms with van der Waals surface area (Å²) < 4.78 is 110. The van der Waals surface area contributed by atoms with Crippen LogP contribution in [0.25, 0.3) is 32.8 Å². The van der Waals surface area contributed by atoms with Crippen LogP contribution in [-0.2, 0) is 22.6 Å². The van der Waals surface area contributed by atoms with E-state index in [0.717, 1.165) is 21.2 Å². The van der Waals surface area contributed by atoms with Crippen LogP contribution in [0.1, 0.15) is 30.4 Å². The monoisotopic (exact) mass is 722 g/mol. The SMILES string of the molecule is O=C(O)[C@H](Cc1cccc2c(-c3nccc4c(CN5CCC(F)(F)C5)cccc34)cccc12)NC(=O)C1(C(F)(F)F)CCN(CC(F)(F)F)CC1. The van der Waals surface area contributed by atoms with Gasteiger partial charge in [-0.25, -0.2) is 13.6 Å². The van der Waals surface area contributed by atoms with E-state index in [4.69, 9.17) is 0 Å². The minimum atomic E-state index is -5.14. The van der Waals surface area contributed by atoms with E-state index in [9.17, 15) is 49.8 Å². The Morgan fingerprint density at radius 3 is 2.04 bits per heavy atom. The number of fused-ring (bicyclic) bond motifs is 2. The van der Waals surface area contributed by atoms with Crippen molar-refractivity contribution in [3.8, 4) is 11.3 Å². The molecule has 0 aliphatic carbocycles. The van der Waals surface area contributed by atoms with E-state index in [-0.39, 0.29) is 25.9 Å². The summed E-state index contributed by atoms with van der Waals surface area (Å²) in [4.78, 5) is 32.8. The number of hydrogen-bond donors (Lipinski definition) is 2. The maximum atomic E-state index is 14.4. The summed E-state index contributed by atoms with van der Waals surface area (Å²) in [5.74, 6) is -5.91. The van der Waals surface area contributed by atoms with E-state index in [0.29, 0.717) is 34.1 Å². The van der Waals surface area contributed by atoms with Crippen molar-refractivity contribution >= 4 is 33.4 Å². The van der Waals surface area contributed by atoms with Gasteiger partial charge >= 0.3 is 18.3 Å². The maximum absolute atomic E-state index is 14.4. The molecule has 2 saturated heterocycles. The summed E-state index contributed by atoms with van der Waals surface area (Å²) in [7, 11) is 0. The Labute approximate surface area is 287 Å². The first-order chi connectivity index (χ1) is 24.0. The lowest BCUT2D eigenvalue weighted by molar-refractivity contribution is -0.236. The average Bonchev–Trinajstić information content (AvgIpc) is 3.40. The number of carbonyl (C=O) groups is 2. The van der Waals surface area contributed by atoms with Crippen LogP contribution in [0.5, 0.6) is 0 Å². The summed E-state index contributed by atoms with van der Waals surface area (Å²) in [6.45, 7) is -2.45. The number of rotatable bonds is 9. The van der Waals surface area contributed by atoms with Crippen LogP contribution < -0.4 is 5.32 Å². The smallest absolute Gasteiger partial charge is 0.403 e. The first-order valence-corrected chi connectivity index (χ1v) is 16.3. The lowest BCUT2D eigenvalue weighted by atomic mass is 9.76. The zero-order valence-corrected chi connectivity index (χ0v) is 27.1. The molecular formula is C36H34F8N4O3. The summed E-state index contributed by atoms with van der Waals surface area (Å²) in [5, 5.41) is 14.9. The van der Waals surface area contributed by atoms with Gasteiger partial charge in [-0.05, 0) is 59.3 Å². The van der Waals surface area contributed by atoms with Gasteiger partial charge in [0.1, 0.15) is 11.5 Å². The first kappa shape index (κ1) is 36.4. The minimum Gasteiger partial charge on any atom is -0.480 e. The van der Waals surface area contributed by atoms with E-state index < -0.39 is 74.1 Å². The molecule has 2 aliphatic heterocycles. The number of aromatic nitrogens is 1. The number of carboxylic acid groups (broad SMARTS) is 1. The van der Waals surface area contributed by atoms with Gasteiger partial charge in [0.15, 0.2) is 0 Å². The van der Waals surface area contributed by atoms with Crippen LogP contribution in [0.15, 0.2) is 66.9 Å². The fraction of sp³-hybridized carbons (Fsp3) is 0.417. The molecule has 51 heavy (non-hydrogen) atoms. The topological polar surface area (TPSA) is 85.8 Å². The number of carbonyl (C=O) groups excluding carboxylic acids is 1. The lowest BCUT2D eigenvalue weighted by Gasteiger charge is -2.42. The molecule has 1 atom stereocenters. The third kappa shape index (κ3) is 7.64. The molecule has 3 heterocycles. The van der Waals surface area contributed by atoms with Crippen LogP contribution in [0, 0.1) is 5.41 Å². The van der Waals surface area contributed by atoms with Gasteiger partial charge in [0.2, 0.25) is 5.91 Å². The van der Waals surface area contributed by atoms with Gasteiger partial charge in [-0.2, -0.15) is 26.3 Å². The van der Waals surface area contributed by atoms with Crippen molar-refractivity contribution in [2.75, 3.05) is 32.7 Å². The first-order valence-electron chi connectivity index (χ1n) is 16.3. The highest BCUT2D eigenvalue weighted by atomic mass is 19.4. The van der Waals surface area contributed by atoms with E-state index >= 15 is 0 Å². The van der Waals surface area contributed by atoms with Crippen LogP contribution in [-0.4, -0.2) is 88.8 Å². The molecule has 3 aromatic carbocycles. The number of amides is 1. The number of halogens is 8. The molecule has 0 radical (unpaired) electrons. The van der Waals surface area contributed by atoms with E-state index in [1.54, 1.807) is 41.4 Å². The predicted molar refractivity (Wildman–Crippen MR) is 173 cm³/mol. The zero-order chi connectivity index (χ0) is 36.8. The largest absolute Gasteiger partial charge is 0.480 e. The third-order valence-electron chi connectivity index (χ3n) is 9.92. The van der Waals surface area contributed by atoms with E-state index in [1.165, 1.54) is 0 Å². The van der Waals surface area contributed by atoms with Crippen molar-refractivity contribution in [3.05, 3.63) is 78.0 Å². The second kappa shape index (κ2) is 13.6. The Morgan fingerprint density at radius 1 is 0.804 bits per heavy atom. The van der Waals surface area contributed by atoms with Crippen LogP contribution in [0.4, 0.5) is 35.1 Å². The highest BCUT2D eigenvalue weighted by molar-refractivity contribution is 6.05. The van der Waals surface area contributed by atoms with Gasteiger partial charge in [-0.15, -0.1) is 0 Å². The van der Waals surface area contributed by atoms with Crippen molar-refractivity contribution in [2.24, 2.45) is 5.41 Å². The van der Waals surface area contributed by atoms with Gasteiger partial charge < -0.3 is 10.4 Å². The average molecular weight is 723 g/mol. The number of nitrogens with zero attached hydrogens (tertiary/aromatic N) is 3. The van der Waals surface area contributed by atoms with Gasteiger partial charge in [-0.3, -0.25) is 19.6 Å². The number of alkyl halides is 8. The lowest BCUT2D eigenvalue weighted by Crippen LogP contribution is -2.59.